The van der Waals surface area contributed by atoms with Crippen molar-refractivity contribution in [2.24, 2.45) is 0 Å². The molecule has 0 spiro atoms. The number of hydrogen-bond donors (Lipinski definition) is 2. The predicted octanol–water partition coefficient (Wildman–Crippen LogP) is 2.58. The molecule has 0 radical (unpaired) electrons. The summed E-state index contributed by atoms with van der Waals surface area (Å²) in [6, 6.07) is 11.4. The van der Waals surface area contributed by atoms with Gasteiger partial charge in [0.15, 0.2) is 0 Å². The Bertz CT molecular complexity index is 914. The topological polar surface area (TPSA) is 80.2 Å². The summed E-state index contributed by atoms with van der Waals surface area (Å²) >= 11 is 0. The van der Waals surface area contributed by atoms with Gasteiger partial charge in [0.25, 0.3) is 11.5 Å². The molecule has 1 aliphatic rings. The molecule has 0 unspecified atom stereocenters. The van der Waals surface area contributed by atoms with E-state index < -0.39 is 5.56 Å². The van der Waals surface area contributed by atoms with Crippen LogP contribution in [-0.4, -0.2) is 29.0 Å². The lowest BCUT2D eigenvalue weighted by molar-refractivity contribution is -0.121. The average molecular weight is 396 g/mol. The number of nitrogens with zero attached hydrogens (tertiary/aromatic N) is 1. The van der Waals surface area contributed by atoms with E-state index >= 15 is 0 Å². The van der Waals surface area contributed by atoms with E-state index in [4.69, 9.17) is 0 Å². The largest absolute Gasteiger partial charge is 0.354 e. The number of aromatic nitrogens is 1. The molecule has 1 saturated carbocycles. The summed E-state index contributed by atoms with van der Waals surface area (Å²) in [4.78, 5) is 37.4. The Morgan fingerprint density at radius 2 is 1.90 bits per heavy atom. The van der Waals surface area contributed by atoms with E-state index in [1.165, 1.54) is 22.6 Å². The first-order valence-electron chi connectivity index (χ1n) is 10.4. The second kappa shape index (κ2) is 10.0. The van der Waals surface area contributed by atoms with Crippen molar-refractivity contribution >= 4 is 11.8 Å². The highest BCUT2D eigenvalue weighted by atomic mass is 16.2. The van der Waals surface area contributed by atoms with Crippen molar-refractivity contribution in [3.8, 4) is 0 Å². The number of pyridine rings is 1. The van der Waals surface area contributed by atoms with Crippen LogP contribution in [0.25, 0.3) is 0 Å². The number of amides is 2. The van der Waals surface area contributed by atoms with Gasteiger partial charge in [-0.1, -0.05) is 49.1 Å². The van der Waals surface area contributed by atoms with Crippen LogP contribution in [0.5, 0.6) is 0 Å². The Kier molecular flexibility index (Phi) is 7.22. The standard InChI is InChI=1S/C23H29N3O3/c1-17-7-5-8-18(15-17)12-13-24-21(27)16-26-14-6-11-20(23(26)29)22(28)25-19-9-3-2-4-10-19/h5-8,11,14-15,19H,2-4,9-10,12-13,16H2,1H3,(H,24,27)(H,25,28). The highest BCUT2D eigenvalue weighted by Crippen LogP contribution is 2.17. The Morgan fingerprint density at radius 1 is 1.10 bits per heavy atom. The van der Waals surface area contributed by atoms with Crippen LogP contribution in [0.3, 0.4) is 0 Å². The maximum atomic E-state index is 12.6. The Morgan fingerprint density at radius 3 is 2.66 bits per heavy atom. The van der Waals surface area contributed by atoms with Crippen LogP contribution in [0.2, 0.25) is 0 Å². The van der Waals surface area contributed by atoms with Crippen LogP contribution in [-0.2, 0) is 17.8 Å². The van der Waals surface area contributed by atoms with E-state index in [1.807, 2.05) is 25.1 Å². The van der Waals surface area contributed by atoms with Crippen molar-refractivity contribution in [2.75, 3.05) is 6.54 Å². The fourth-order valence-corrected chi connectivity index (χ4v) is 3.77. The molecule has 1 heterocycles. The van der Waals surface area contributed by atoms with Crippen LogP contribution < -0.4 is 16.2 Å². The molecule has 3 rings (SSSR count). The first-order valence-corrected chi connectivity index (χ1v) is 10.4. The molecule has 0 bridgehead atoms. The second-order valence-corrected chi connectivity index (χ2v) is 7.75. The molecule has 1 aromatic carbocycles. The number of benzene rings is 1. The van der Waals surface area contributed by atoms with Gasteiger partial charge in [-0.3, -0.25) is 14.4 Å². The third kappa shape index (κ3) is 6.04. The van der Waals surface area contributed by atoms with Crippen molar-refractivity contribution in [2.45, 2.75) is 58.0 Å². The summed E-state index contributed by atoms with van der Waals surface area (Å²) in [6.07, 6.45) is 7.58. The van der Waals surface area contributed by atoms with Gasteiger partial charge in [-0.15, -0.1) is 0 Å². The Balaban J connectivity index is 1.55. The fourth-order valence-electron chi connectivity index (χ4n) is 3.77. The Labute approximate surface area is 171 Å². The third-order valence-electron chi connectivity index (χ3n) is 5.34. The van der Waals surface area contributed by atoms with E-state index in [2.05, 4.69) is 16.7 Å². The van der Waals surface area contributed by atoms with Crippen LogP contribution in [0.4, 0.5) is 0 Å². The number of carbonyl (C=O) groups is 2. The molecule has 2 aromatic rings. The zero-order chi connectivity index (χ0) is 20.6. The van der Waals surface area contributed by atoms with Crippen molar-refractivity contribution < 1.29 is 9.59 Å². The van der Waals surface area contributed by atoms with Crippen LogP contribution in [0.1, 0.15) is 53.6 Å². The molecular weight excluding hydrogens is 366 g/mol. The normalized spacial score (nSPS) is 14.4. The first kappa shape index (κ1) is 20.8. The summed E-state index contributed by atoms with van der Waals surface area (Å²) in [5, 5.41) is 5.80. The van der Waals surface area contributed by atoms with Gasteiger partial charge in [-0.25, -0.2) is 0 Å². The summed E-state index contributed by atoms with van der Waals surface area (Å²) in [6.45, 7) is 2.43. The van der Waals surface area contributed by atoms with Gasteiger partial charge >= 0.3 is 0 Å². The quantitative estimate of drug-likeness (QED) is 0.756. The maximum absolute atomic E-state index is 12.6. The van der Waals surface area contributed by atoms with Gasteiger partial charge in [0.2, 0.25) is 5.91 Å². The lowest BCUT2D eigenvalue weighted by Gasteiger charge is -2.22. The first-order chi connectivity index (χ1) is 14.0. The van der Waals surface area contributed by atoms with E-state index in [1.54, 1.807) is 12.3 Å². The van der Waals surface area contributed by atoms with E-state index in [9.17, 15) is 14.4 Å². The summed E-state index contributed by atoms with van der Waals surface area (Å²) in [7, 11) is 0. The van der Waals surface area contributed by atoms with Crippen LogP contribution >= 0.6 is 0 Å². The molecule has 6 heteroatoms. The van der Waals surface area contributed by atoms with E-state index in [0.29, 0.717) is 6.54 Å². The zero-order valence-corrected chi connectivity index (χ0v) is 16.9. The predicted molar refractivity (Wildman–Crippen MR) is 113 cm³/mol. The van der Waals surface area contributed by atoms with Crippen LogP contribution in [0, 0.1) is 6.92 Å². The summed E-state index contributed by atoms with van der Waals surface area (Å²) < 4.78 is 1.29. The van der Waals surface area contributed by atoms with Crippen molar-refractivity contribution in [3.63, 3.8) is 0 Å². The highest BCUT2D eigenvalue weighted by molar-refractivity contribution is 5.94. The van der Waals surface area contributed by atoms with Gasteiger partial charge in [0.05, 0.1) is 0 Å². The number of hydrogen-bond acceptors (Lipinski definition) is 3. The molecule has 29 heavy (non-hydrogen) atoms. The molecular formula is C23H29N3O3. The maximum Gasteiger partial charge on any atom is 0.263 e. The number of nitrogens with one attached hydrogen (secondary N) is 2. The molecule has 1 aliphatic carbocycles. The SMILES string of the molecule is Cc1cccc(CCNC(=O)Cn2cccc(C(=O)NC3CCCCC3)c2=O)c1. The lowest BCUT2D eigenvalue weighted by atomic mass is 9.95. The second-order valence-electron chi connectivity index (χ2n) is 7.75. The molecule has 1 fully saturated rings. The van der Waals surface area contributed by atoms with E-state index in [0.717, 1.165) is 37.7 Å². The molecule has 154 valence electrons. The number of aryl methyl sites for hydroxylation is 1. The molecule has 0 atom stereocenters. The smallest absolute Gasteiger partial charge is 0.263 e. The monoisotopic (exact) mass is 395 g/mol. The average Bonchev–Trinajstić information content (AvgIpc) is 2.70. The third-order valence-corrected chi connectivity index (χ3v) is 5.34. The van der Waals surface area contributed by atoms with Gasteiger partial charge in [-0.05, 0) is 43.9 Å². The van der Waals surface area contributed by atoms with Gasteiger partial charge in [0, 0.05) is 18.8 Å². The van der Waals surface area contributed by atoms with Crippen LogP contribution in [0.15, 0.2) is 47.4 Å². The van der Waals surface area contributed by atoms with Crippen molar-refractivity contribution in [3.05, 3.63) is 69.6 Å². The molecule has 0 aliphatic heterocycles. The molecule has 1 aromatic heterocycles. The van der Waals surface area contributed by atoms with Gasteiger partial charge < -0.3 is 15.2 Å². The highest BCUT2D eigenvalue weighted by Gasteiger charge is 2.19. The molecule has 2 N–H and O–H groups in total. The van der Waals surface area contributed by atoms with Gasteiger partial charge in [-0.2, -0.15) is 0 Å². The van der Waals surface area contributed by atoms with E-state index in [-0.39, 0.29) is 30.0 Å². The van der Waals surface area contributed by atoms with Gasteiger partial charge in [0.1, 0.15) is 12.1 Å². The summed E-state index contributed by atoms with van der Waals surface area (Å²) in [5.74, 6) is -0.597. The zero-order valence-electron chi connectivity index (χ0n) is 16.9. The summed E-state index contributed by atoms with van der Waals surface area (Å²) in [5.41, 5.74) is 1.99. The van der Waals surface area contributed by atoms with Crippen molar-refractivity contribution in [1.29, 1.82) is 0 Å². The number of carbonyl (C=O) groups excluding carboxylic acids is 2. The fraction of sp³-hybridized carbons (Fsp3) is 0.435. The molecule has 6 nitrogen and oxygen atoms in total. The molecule has 2 amide bonds. The molecule has 0 saturated heterocycles. The Hall–Kier alpha value is -2.89. The number of rotatable bonds is 7. The van der Waals surface area contributed by atoms with Crippen molar-refractivity contribution in [1.82, 2.24) is 15.2 Å². The minimum atomic E-state index is -0.436. The minimum absolute atomic E-state index is 0.0886. The minimum Gasteiger partial charge on any atom is -0.354 e. The lowest BCUT2D eigenvalue weighted by Crippen LogP contribution is -2.40.